The molecule has 0 radical (unpaired) electrons. The van der Waals surface area contributed by atoms with Crippen molar-refractivity contribution in [2.24, 2.45) is 10.1 Å². The van der Waals surface area contributed by atoms with Crippen molar-refractivity contribution < 1.29 is 18.9 Å². The van der Waals surface area contributed by atoms with Gasteiger partial charge in [0, 0.05) is 14.1 Å². The molecule has 0 heterocycles. The van der Waals surface area contributed by atoms with Crippen molar-refractivity contribution in [3.8, 4) is 29.2 Å². The van der Waals surface area contributed by atoms with E-state index in [9.17, 15) is 5.26 Å². The smallest absolute Gasteiger partial charge is 0.241 e. The molecule has 0 unspecified atom stereocenters. The van der Waals surface area contributed by atoms with Gasteiger partial charge in [-0.1, -0.05) is 24.4 Å². The molecule has 0 aliphatic rings. The van der Waals surface area contributed by atoms with Crippen LogP contribution in [-0.4, -0.2) is 74.2 Å². The Kier molecular flexibility index (Phi) is 11.7. The van der Waals surface area contributed by atoms with Crippen molar-refractivity contribution in [2.45, 2.75) is 6.42 Å². The number of thiocarbonyl (C=S) groups is 2. The fourth-order valence-electron chi connectivity index (χ4n) is 3.39. The first-order chi connectivity index (χ1) is 18.7. The van der Waals surface area contributed by atoms with Gasteiger partial charge >= 0.3 is 0 Å². The second-order valence-corrected chi connectivity index (χ2v) is 8.54. The van der Waals surface area contributed by atoms with Crippen LogP contribution in [0.25, 0.3) is 4.95 Å². The molecule has 204 valence electrons. The highest BCUT2D eigenvalue weighted by Gasteiger charge is 2.21. The summed E-state index contributed by atoms with van der Waals surface area (Å²) >= 11 is 11.0. The Morgan fingerprint density at radius 2 is 1.33 bits per heavy atom. The van der Waals surface area contributed by atoms with Gasteiger partial charge < -0.3 is 18.9 Å². The van der Waals surface area contributed by atoms with Crippen molar-refractivity contribution >= 4 is 46.1 Å². The van der Waals surface area contributed by atoms with Gasteiger partial charge in [-0.15, -0.1) is 4.95 Å². The van der Waals surface area contributed by atoms with Gasteiger partial charge in [0.05, 0.1) is 46.0 Å². The molecular weight excluding hydrogens is 540 g/mol. The highest BCUT2D eigenvalue weighted by atomic mass is 32.1. The number of nitrogens with one attached hydrogen (secondary N) is 2. The van der Waals surface area contributed by atoms with Crippen LogP contribution < -0.4 is 29.8 Å². The summed E-state index contributed by atoms with van der Waals surface area (Å²) in [6, 6.07) is 10.3. The number of hydrogen-bond acceptors (Lipinski definition) is 9. The summed E-state index contributed by atoms with van der Waals surface area (Å²) < 4.78 is 21.5. The zero-order valence-corrected chi connectivity index (χ0v) is 23.9. The van der Waals surface area contributed by atoms with Gasteiger partial charge in [-0.3, -0.25) is 20.9 Å². The van der Waals surface area contributed by atoms with E-state index in [1.54, 1.807) is 56.7 Å². The molecule has 14 heteroatoms. The number of nitriles is 1. The lowest BCUT2D eigenvalue weighted by Crippen LogP contribution is -2.47. The number of methoxy groups -OCH3 is 4. The number of hydrazine groups is 2. The molecule has 0 aliphatic carbocycles. The molecule has 12 nitrogen and oxygen atoms in total. The maximum Gasteiger partial charge on any atom is 0.241 e. The van der Waals surface area contributed by atoms with Crippen molar-refractivity contribution in [2.75, 3.05) is 42.5 Å². The first-order valence-corrected chi connectivity index (χ1v) is 12.0. The molecule has 0 amide bonds. The van der Waals surface area contributed by atoms with E-state index in [0.717, 1.165) is 0 Å². The molecule has 0 spiro atoms. The third-order valence-electron chi connectivity index (χ3n) is 5.14. The van der Waals surface area contributed by atoms with E-state index in [1.165, 1.54) is 38.5 Å². The van der Waals surface area contributed by atoms with E-state index >= 15 is 0 Å². The molecule has 0 fully saturated rings. The van der Waals surface area contributed by atoms with Crippen LogP contribution in [0.5, 0.6) is 23.0 Å². The predicted molar refractivity (Wildman–Crippen MR) is 156 cm³/mol. The van der Waals surface area contributed by atoms with Gasteiger partial charge in [0.15, 0.2) is 5.84 Å². The normalized spacial score (nSPS) is 10.9. The van der Waals surface area contributed by atoms with Crippen LogP contribution in [0.3, 0.4) is 0 Å². The molecule has 0 saturated carbocycles. The Morgan fingerprint density at radius 1 is 0.872 bits per heavy atom. The molecule has 0 saturated heterocycles. The molecule has 2 rings (SSSR count). The van der Waals surface area contributed by atoms with Crippen molar-refractivity contribution in [1.29, 1.82) is 5.26 Å². The third-order valence-corrected chi connectivity index (χ3v) is 5.61. The molecule has 2 N–H and O–H groups in total. The number of amidine groups is 2. The topological polar surface area (TPSA) is 120 Å². The molecule has 0 aromatic heterocycles. The van der Waals surface area contributed by atoms with Gasteiger partial charge in [-0.25, -0.2) is 0 Å². The summed E-state index contributed by atoms with van der Waals surface area (Å²) in [6.07, 6.45) is 1.93. The molecule has 0 atom stereocenters. The number of benzene rings is 2. The van der Waals surface area contributed by atoms with Crippen LogP contribution in [0, 0.1) is 18.0 Å². The maximum atomic E-state index is 9.29. The summed E-state index contributed by atoms with van der Waals surface area (Å²) in [4.78, 5) is 7.78. The van der Waals surface area contributed by atoms with Crippen LogP contribution in [0.1, 0.15) is 17.5 Å². The van der Waals surface area contributed by atoms with E-state index in [4.69, 9.17) is 50.0 Å². The lowest BCUT2D eigenvalue weighted by molar-refractivity contribution is 0.398. The summed E-state index contributed by atoms with van der Waals surface area (Å²) in [5.74, 6) is 2.62. The summed E-state index contributed by atoms with van der Waals surface area (Å²) in [7, 11) is 9.42. The predicted octanol–water partition coefficient (Wildman–Crippen LogP) is 3.15. The average Bonchev–Trinajstić information content (AvgIpc) is 2.93. The maximum absolute atomic E-state index is 9.29. The number of aliphatic imine (C=N–C) groups is 1. The molecular formula is C25H28N8O4S2. The first kappa shape index (κ1) is 30.6. The summed E-state index contributed by atoms with van der Waals surface area (Å²) in [5.41, 5.74) is 7.05. The molecule has 2 aromatic rings. The van der Waals surface area contributed by atoms with Gasteiger partial charge in [0.25, 0.3) is 0 Å². The Bertz CT molecular complexity index is 1250. The summed E-state index contributed by atoms with van der Waals surface area (Å²) in [6.45, 7) is 7.27. The summed E-state index contributed by atoms with van der Waals surface area (Å²) in [5, 5.41) is 16.2. The number of rotatable bonds is 8. The SMILES string of the molecule is [C-]#[N+]/N=C(/c1cc(OC)ccc1OC)N(C)NC(=S)CC(=S)NN(C)C(=NC#N)c1cc(OC)ccc1OC. The highest BCUT2D eigenvalue weighted by molar-refractivity contribution is 7.82. The Morgan fingerprint density at radius 3 is 1.74 bits per heavy atom. The zero-order valence-electron chi connectivity index (χ0n) is 22.3. The third kappa shape index (κ3) is 8.16. The standard InChI is InChI=1S/C25H28N8O4S2/c1-27-29-25(19-13-17(35-5)9-11-21(19)37-7)33(3)31-23(39)14-22(38)30-32(2)24(28-15-26)18-12-16(34-4)8-10-20(18)36-6/h8-13H,14H2,2-7H3,(H,30,38)(H,31,39)/b28-24?,29-25-. The minimum absolute atomic E-state index is 0.134. The van der Waals surface area contributed by atoms with Crippen molar-refractivity contribution in [1.82, 2.24) is 20.9 Å². The Labute approximate surface area is 238 Å². The van der Waals surface area contributed by atoms with Crippen molar-refractivity contribution in [3.63, 3.8) is 0 Å². The van der Waals surface area contributed by atoms with Crippen LogP contribution in [0.15, 0.2) is 46.5 Å². The lowest BCUT2D eigenvalue weighted by Gasteiger charge is -2.25. The van der Waals surface area contributed by atoms with Crippen LogP contribution in [0.4, 0.5) is 0 Å². The second kappa shape index (κ2) is 14.9. The molecule has 0 bridgehead atoms. The monoisotopic (exact) mass is 568 g/mol. The quantitative estimate of drug-likeness (QED) is 0.122. The molecule has 2 aromatic carbocycles. The van der Waals surface area contributed by atoms with Crippen molar-refractivity contribution in [3.05, 3.63) is 59.1 Å². The molecule has 0 aliphatic heterocycles. The number of ether oxygens (including phenoxy) is 4. The zero-order chi connectivity index (χ0) is 28.9. The fourth-order valence-corrected chi connectivity index (χ4v) is 4.05. The Hall–Kier alpha value is -4.66. The number of nitrogens with zero attached hydrogens (tertiary/aromatic N) is 6. The van der Waals surface area contributed by atoms with Gasteiger partial charge in [0.2, 0.25) is 12.0 Å². The van der Waals surface area contributed by atoms with Gasteiger partial charge in [0.1, 0.15) is 38.1 Å². The van der Waals surface area contributed by atoms with Crippen LogP contribution in [-0.2, 0) is 0 Å². The Balaban J connectivity index is 2.17. The van der Waals surface area contributed by atoms with Crippen LogP contribution >= 0.6 is 24.4 Å². The fraction of sp³-hybridized carbons (Fsp3) is 0.280. The van der Waals surface area contributed by atoms with Gasteiger partial charge in [-0.2, -0.15) is 16.8 Å². The largest absolute Gasteiger partial charge is 0.497 e. The minimum atomic E-state index is 0.134. The van der Waals surface area contributed by atoms with E-state index in [1.807, 2.05) is 0 Å². The van der Waals surface area contributed by atoms with E-state index in [2.05, 4.69) is 25.9 Å². The lowest BCUT2D eigenvalue weighted by atomic mass is 10.1. The van der Waals surface area contributed by atoms with E-state index < -0.39 is 0 Å². The van der Waals surface area contributed by atoms with Gasteiger partial charge in [-0.05, 0) is 36.4 Å². The van der Waals surface area contributed by atoms with E-state index in [0.29, 0.717) is 44.1 Å². The minimum Gasteiger partial charge on any atom is -0.497 e. The first-order valence-electron chi connectivity index (χ1n) is 11.1. The molecule has 39 heavy (non-hydrogen) atoms. The highest BCUT2D eigenvalue weighted by Crippen LogP contribution is 2.26. The van der Waals surface area contributed by atoms with E-state index in [-0.39, 0.29) is 18.1 Å². The van der Waals surface area contributed by atoms with Crippen LogP contribution in [0.2, 0.25) is 0 Å². The number of hydrogen-bond donors (Lipinski definition) is 2. The second-order valence-electron chi connectivity index (χ2n) is 7.56. The average molecular weight is 569 g/mol.